The standard InChI is InChI=1S/C14H26N2O2/c17-14(16-10-12-6-7-12)11-15-8-9-18-13-4-2-1-3-5-13/h12-13,15H,1-11H2,(H,16,17). The van der Waals surface area contributed by atoms with Crippen LogP contribution in [0.2, 0.25) is 0 Å². The molecule has 2 rings (SSSR count). The normalized spacial score (nSPS) is 20.9. The summed E-state index contributed by atoms with van der Waals surface area (Å²) in [6.07, 6.45) is 9.42. The van der Waals surface area contributed by atoms with Crippen LogP contribution in [0, 0.1) is 5.92 Å². The van der Waals surface area contributed by atoms with Gasteiger partial charge in [-0.2, -0.15) is 0 Å². The van der Waals surface area contributed by atoms with Crippen molar-refractivity contribution in [1.29, 1.82) is 0 Å². The maximum absolute atomic E-state index is 11.4. The van der Waals surface area contributed by atoms with Gasteiger partial charge < -0.3 is 15.4 Å². The van der Waals surface area contributed by atoms with E-state index in [1.54, 1.807) is 0 Å². The summed E-state index contributed by atoms with van der Waals surface area (Å²) in [6.45, 7) is 2.77. The molecule has 18 heavy (non-hydrogen) atoms. The highest BCUT2D eigenvalue weighted by atomic mass is 16.5. The van der Waals surface area contributed by atoms with Crippen molar-refractivity contribution in [2.24, 2.45) is 5.92 Å². The van der Waals surface area contributed by atoms with E-state index in [1.165, 1.54) is 44.9 Å². The molecule has 0 aromatic rings. The molecule has 0 aromatic carbocycles. The van der Waals surface area contributed by atoms with Crippen LogP contribution < -0.4 is 10.6 Å². The quantitative estimate of drug-likeness (QED) is 0.645. The molecule has 1 amide bonds. The summed E-state index contributed by atoms with van der Waals surface area (Å²) >= 11 is 0. The highest BCUT2D eigenvalue weighted by molar-refractivity contribution is 5.77. The van der Waals surface area contributed by atoms with Gasteiger partial charge in [0.25, 0.3) is 0 Å². The van der Waals surface area contributed by atoms with E-state index in [0.29, 0.717) is 12.6 Å². The summed E-state index contributed by atoms with van der Waals surface area (Å²) in [5.41, 5.74) is 0. The minimum absolute atomic E-state index is 0.111. The summed E-state index contributed by atoms with van der Waals surface area (Å²) < 4.78 is 5.78. The molecule has 2 fully saturated rings. The number of amides is 1. The predicted octanol–water partition coefficient (Wildman–Crippen LogP) is 1.45. The van der Waals surface area contributed by atoms with Crippen LogP contribution in [0.5, 0.6) is 0 Å². The van der Waals surface area contributed by atoms with Gasteiger partial charge in [-0.15, -0.1) is 0 Å². The van der Waals surface area contributed by atoms with Gasteiger partial charge >= 0.3 is 0 Å². The van der Waals surface area contributed by atoms with Crippen molar-refractivity contribution < 1.29 is 9.53 Å². The molecule has 0 unspecified atom stereocenters. The first-order chi connectivity index (χ1) is 8.84. The minimum atomic E-state index is 0.111. The second-order valence-electron chi connectivity index (χ2n) is 5.56. The van der Waals surface area contributed by atoms with Crippen molar-refractivity contribution in [3.8, 4) is 0 Å². The average molecular weight is 254 g/mol. The number of ether oxygens (including phenoxy) is 1. The summed E-state index contributed by atoms with van der Waals surface area (Å²) in [4.78, 5) is 11.4. The maximum atomic E-state index is 11.4. The van der Waals surface area contributed by atoms with Crippen LogP contribution >= 0.6 is 0 Å². The monoisotopic (exact) mass is 254 g/mol. The van der Waals surface area contributed by atoms with Crippen LogP contribution in [0.3, 0.4) is 0 Å². The van der Waals surface area contributed by atoms with Crippen molar-refractivity contribution in [2.45, 2.75) is 51.0 Å². The molecule has 2 aliphatic rings. The van der Waals surface area contributed by atoms with Gasteiger partial charge in [0.2, 0.25) is 5.91 Å². The summed E-state index contributed by atoms with van der Waals surface area (Å²) in [5, 5.41) is 6.07. The number of hydrogen-bond acceptors (Lipinski definition) is 3. The Morgan fingerprint density at radius 2 is 1.89 bits per heavy atom. The Hall–Kier alpha value is -0.610. The first-order valence-electron chi connectivity index (χ1n) is 7.43. The molecule has 0 spiro atoms. The molecule has 0 saturated heterocycles. The van der Waals surface area contributed by atoms with Gasteiger partial charge in [0.15, 0.2) is 0 Å². The minimum Gasteiger partial charge on any atom is -0.377 e. The Morgan fingerprint density at radius 3 is 2.61 bits per heavy atom. The zero-order valence-corrected chi connectivity index (χ0v) is 11.2. The summed E-state index contributed by atoms with van der Waals surface area (Å²) in [5.74, 6) is 0.864. The molecule has 0 bridgehead atoms. The molecule has 104 valence electrons. The number of nitrogens with one attached hydrogen (secondary N) is 2. The fraction of sp³-hybridized carbons (Fsp3) is 0.929. The Balaban J connectivity index is 1.39. The zero-order chi connectivity index (χ0) is 12.6. The maximum Gasteiger partial charge on any atom is 0.233 e. The van der Waals surface area contributed by atoms with E-state index >= 15 is 0 Å². The lowest BCUT2D eigenvalue weighted by molar-refractivity contribution is -0.120. The van der Waals surface area contributed by atoms with Gasteiger partial charge in [0, 0.05) is 13.1 Å². The SMILES string of the molecule is O=C(CNCCOC1CCCCC1)NCC1CC1. The zero-order valence-electron chi connectivity index (χ0n) is 11.2. The number of hydrogen-bond donors (Lipinski definition) is 2. The van der Waals surface area contributed by atoms with Crippen LogP contribution in [0.1, 0.15) is 44.9 Å². The van der Waals surface area contributed by atoms with E-state index in [-0.39, 0.29) is 5.91 Å². The van der Waals surface area contributed by atoms with Gasteiger partial charge in [-0.1, -0.05) is 19.3 Å². The summed E-state index contributed by atoms with van der Waals surface area (Å²) in [6, 6.07) is 0. The predicted molar refractivity (Wildman–Crippen MR) is 71.4 cm³/mol. The Kier molecular flexibility index (Phi) is 5.94. The molecule has 2 aliphatic carbocycles. The van der Waals surface area contributed by atoms with E-state index < -0.39 is 0 Å². The second kappa shape index (κ2) is 7.74. The number of carbonyl (C=O) groups is 1. The Morgan fingerprint density at radius 1 is 1.11 bits per heavy atom. The molecule has 2 N–H and O–H groups in total. The van der Waals surface area contributed by atoms with Crippen molar-refractivity contribution in [1.82, 2.24) is 10.6 Å². The van der Waals surface area contributed by atoms with Gasteiger partial charge in [-0.05, 0) is 31.6 Å². The molecular formula is C14H26N2O2. The molecule has 0 heterocycles. The molecule has 0 radical (unpaired) electrons. The number of carbonyl (C=O) groups excluding carboxylic acids is 1. The smallest absolute Gasteiger partial charge is 0.233 e. The third-order valence-corrected chi connectivity index (χ3v) is 3.75. The third kappa shape index (κ3) is 5.83. The summed E-state index contributed by atoms with van der Waals surface area (Å²) in [7, 11) is 0. The molecule has 2 saturated carbocycles. The van der Waals surface area contributed by atoms with Crippen LogP contribution in [-0.4, -0.2) is 38.3 Å². The van der Waals surface area contributed by atoms with Crippen molar-refractivity contribution in [3.63, 3.8) is 0 Å². The first-order valence-corrected chi connectivity index (χ1v) is 7.43. The third-order valence-electron chi connectivity index (χ3n) is 3.75. The average Bonchev–Trinajstić information content (AvgIpc) is 3.21. The van der Waals surface area contributed by atoms with E-state index in [2.05, 4.69) is 10.6 Å². The molecule has 0 aliphatic heterocycles. The largest absolute Gasteiger partial charge is 0.377 e. The number of rotatable bonds is 8. The van der Waals surface area contributed by atoms with Gasteiger partial charge in [0.05, 0.1) is 19.3 Å². The van der Waals surface area contributed by atoms with Crippen molar-refractivity contribution in [2.75, 3.05) is 26.2 Å². The van der Waals surface area contributed by atoms with Gasteiger partial charge in [0.1, 0.15) is 0 Å². The van der Waals surface area contributed by atoms with Crippen molar-refractivity contribution in [3.05, 3.63) is 0 Å². The van der Waals surface area contributed by atoms with Crippen LogP contribution in [0.4, 0.5) is 0 Å². The van der Waals surface area contributed by atoms with E-state index in [1.807, 2.05) is 0 Å². The van der Waals surface area contributed by atoms with Crippen LogP contribution in [0.25, 0.3) is 0 Å². The molecule has 4 heteroatoms. The first kappa shape index (κ1) is 13.8. The second-order valence-corrected chi connectivity index (χ2v) is 5.56. The van der Waals surface area contributed by atoms with E-state index in [0.717, 1.165) is 25.6 Å². The Labute approximate surface area is 110 Å². The lowest BCUT2D eigenvalue weighted by Gasteiger charge is -2.21. The lowest BCUT2D eigenvalue weighted by Crippen LogP contribution is -2.36. The van der Waals surface area contributed by atoms with Crippen molar-refractivity contribution >= 4 is 5.91 Å². The molecular weight excluding hydrogens is 228 g/mol. The van der Waals surface area contributed by atoms with Crippen LogP contribution in [0.15, 0.2) is 0 Å². The van der Waals surface area contributed by atoms with Gasteiger partial charge in [-0.25, -0.2) is 0 Å². The highest BCUT2D eigenvalue weighted by Gasteiger charge is 2.21. The fourth-order valence-electron chi connectivity index (χ4n) is 2.37. The molecule has 4 nitrogen and oxygen atoms in total. The van der Waals surface area contributed by atoms with Crippen LogP contribution in [-0.2, 0) is 9.53 Å². The highest BCUT2D eigenvalue weighted by Crippen LogP contribution is 2.27. The van der Waals surface area contributed by atoms with E-state index in [9.17, 15) is 4.79 Å². The lowest BCUT2D eigenvalue weighted by atomic mass is 9.98. The topological polar surface area (TPSA) is 50.4 Å². The molecule has 0 atom stereocenters. The Bertz CT molecular complexity index is 248. The molecule has 0 aromatic heterocycles. The van der Waals surface area contributed by atoms with E-state index in [4.69, 9.17) is 4.74 Å². The fourth-order valence-corrected chi connectivity index (χ4v) is 2.37. The van der Waals surface area contributed by atoms with Gasteiger partial charge in [-0.3, -0.25) is 4.79 Å².